The molecule has 2 aliphatic heterocycles. The van der Waals surface area contributed by atoms with Crippen LogP contribution in [0.2, 0.25) is 0 Å². The lowest BCUT2D eigenvalue weighted by molar-refractivity contribution is 0.589. The van der Waals surface area contributed by atoms with Gasteiger partial charge >= 0.3 is 0 Å². The average Bonchev–Trinajstić information content (AvgIpc) is 1.40. The van der Waals surface area contributed by atoms with Crippen molar-refractivity contribution in [1.29, 1.82) is 0 Å². The van der Waals surface area contributed by atoms with Gasteiger partial charge in [0.2, 0.25) is 0 Å². The fourth-order valence-corrected chi connectivity index (χ4v) is 26.7. The van der Waals surface area contributed by atoms with E-state index in [0.717, 1.165) is 44.3 Å². The van der Waals surface area contributed by atoms with Crippen molar-refractivity contribution in [2.24, 2.45) is 0 Å². The Bertz CT molecular complexity index is 8420. The topological polar surface area (TPSA) is 44.0 Å². The van der Waals surface area contributed by atoms with Crippen molar-refractivity contribution >= 4 is 302 Å². The minimum absolute atomic E-state index is 0.0499. The zero-order valence-corrected chi connectivity index (χ0v) is 47.5. The highest BCUT2D eigenvalue weighted by Gasteiger charge is 2.54. The summed E-state index contributed by atoms with van der Waals surface area (Å²) < 4.78 is 4.64. The minimum atomic E-state index is -0.226. The predicted molar refractivity (Wildman–Crippen MR) is 371 cm³/mol. The number of fused-ring (bicyclic) bond motifs is 7. The molecule has 4 heterocycles. The molecule has 0 saturated heterocycles. The highest BCUT2D eigenvalue weighted by atomic mass is 16.1. The van der Waals surface area contributed by atoms with Crippen LogP contribution >= 0.6 is 0 Å². The van der Waals surface area contributed by atoms with E-state index in [4.69, 9.17) is 0 Å². The van der Waals surface area contributed by atoms with Crippen LogP contribution in [0, 0.1) is 0 Å². The fourth-order valence-electron chi connectivity index (χ4n) is 26.7. The fraction of sp³-hybridized carbons (Fsp3) is 0.119. The van der Waals surface area contributed by atoms with Crippen LogP contribution < -0.4 is 11.1 Å². The van der Waals surface area contributed by atoms with Crippen LogP contribution in [0.15, 0.2) is 58.1 Å². The molecule has 30 aromatic rings. The number of benzene rings is 18. The average molecular weight is 1100 g/mol. The maximum Gasteiger partial charge on any atom is 0.264 e. The van der Waals surface area contributed by atoms with Gasteiger partial charge in [-0.2, -0.15) is 0 Å². The summed E-state index contributed by atoms with van der Waals surface area (Å²) in [6.07, 6.45) is 5.04. The predicted octanol–water partition coefficient (Wildman–Crippen LogP) is 21.5. The van der Waals surface area contributed by atoms with Gasteiger partial charge in [0.15, 0.2) is 0 Å². The molecule has 0 saturated carbocycles. The van der Waals surface area contributed by atoms with Crippen LogP contribution in [0.25, 0.3) is 314 Å². The summed E-state index contributed by atoms with van der Waals surface area (Å²) in [5, 5.41) is 72.3. The van der Waals surface area contributed by atoms with E-state index < -0.39 is 0 Å². The van der Waals surface area contributed by atoms with E-state index in [2.05, 4.69) is 99.2 Å². The molecule has 4 nitrogen and oxygen atoms in total. The second kappa shape index (κ2) is 9.07. The van der Waals surface area contributed by atoms with Crippen molar-refractivity contribution in [2.45, 2.75) is 64.2 Å². The summed E-state index contributed by atoms with van der Waals surface area (Å²) in [6.45, 7) is 14.0. The Morgan fingerprint density at radius 3 is 0.727 bits per heavy atom. The van der Waals surface area contributed by atoms with Gasteiger partial charge in [0.05, 0.1) is 33.2 Å². The SMILES string of the molecule is CC(C)(C)c1ccc2c(c1)-n1c(=O)c3c4c(=O)n5c6c7c8c9c%10c(c%11c%12c%13c%10c%10c9c9c7c7c%14c9c9c%10c%10c%13c%13c%12c%12c%15c%16c%13c%13c%10c9c9c%14c%10c%14c9c%13c%16c9c%14c%13c%14c(c3c(c%15c%149)c%12c%111)c4c1c%13c%10c7c16)C1C2=CC=C(c2ccc(C(C)(C)C)cc2-5)C81. The number of rotatable bonds is 0. The molecule has 2 unspecified atom stereocenters. The van der Waals surface area contributed by atoms with Crippen molar-refractivity contribution in [2.75, 3.05) is 0 Å². The summed E-state index contributed by atoms with van der Waals surface area (Å²) in [4.78, 5) is 37.2. The molecule has 4 aliphatic rings. The summed E-state index contributed by atoms with van der Waals surface area (Å²) in [7, 11) is 0. The van der Waals surface area contributed by atoms with Crippen molar-refractivity contribution < 1.29 is 0 Å². The van der Waals surface area contributed by atoms with Gasteiger partial charge in [-0.05, 0) is 88.7 Å². The number of hydrogen-bond acceptors (Lipinski definition) is 2. The Hall–Kier alpha value is -10.4. The number of hydrogen-bond donors (Lipinski definition) is 0. The van der Waals surface area contributed by atoms with Crippen LogP contribution in [0.4, 0.5) is 0 Å². The quantitative estimate of drug-likeness (QED) is 0.142. The minimum Gasteiger partial charge on any atom is -0.275 e. The Morgan fingerprint density at radius 2 is 0.477 bits per heavy atom. The molecular weight excluding hydrogens is 1070 g/mol. The van der Waals surface area contributed by atoms with Crippen LogP contribution in [0.3, 0.4) is 0 Å². The lowest BCUT2D eigenvalue weighted by Gasteiger charge is -2.43. The van der Waals surface area contributed by atoms with Crippen LogP contribution in [0.5, 0.6) is 0 Å². The Morgan fingerprint density at radius 1 is 0.261 bits per heavy atom. The van der Waals surface area contributed by atoms with E-state index in [-0.39, 0.29) is 33.8 Å². The summed E-state index contributed by atoms with van der Waals surface area (Å²) in [5.41, 5.74) is 13.7. The number of aromatic nitrogens is 2. The number of allylic oxidation sites excluding steroid dienone is 4. The molecule has 0 radical (unpaired) electrons. The van der Waals surface area contributed by atoms with Gasteiger partial charge in [-0.1, -0.05) is 78.0 Å². The van der Waals surface area contributed by atoms with Crippen molar-refractivity contribution in [3.63, 3.8) is 0 Å². The largest absolute Gasteiger partial charge is 0.275 e. The molecule has 88 heavy (non-hydrogen) atoms. The van der Waals surface area contributed by atoms with E-state index >= 15 is 9.59 Å². The van der Waals surface area contributed by atoms with Gasteiger partial charge in [0.1, 0.15) is 0 Å². The molecule has 0 amide bonds. The first-order valence-electron chi connectivity index (χ1n) is 32.4. The lowest BCUT2D eigenvalue weighted by atomic mass is 9.61. The zero-order chi connectivity index (χ0) is 55.1. The molecule has 0 bridgehead atoms. The second-order valence-electron chi connectivity index (χ2n) is 32.5. The van der Waals surface area contributed by atoms with Gasteiger partial charge in [0.25, 0.3) is 11.1 Å². The molecule has 34 rings (SSSR count). The molecule has 28 aromatic carbocycles. The molecule has 0 spiro atoms. The first-order valence-corrected chi connectivity index (χ1v) is 32.4. The first-order chi connectivity index (χ1) is 43.0. The number of nitrogens with zero attached hydrogens (tertiary/aromatic N) is 2. The molecular formula is C84H28N2O2. The smallest absolute Gasteiger partial charge is 0.264 e. The molecule has 2 atom stereocenters. The van der Waals surface area contributed by atoms with E-state index in [0.29, 0.717) is 10.8 Å². The monoisotopic (exact) mass is 1100 g/mol. The second-order valence-corrected chi connectivity index (χ2v) is 32.5. The van der Waals surface area contributed by atoms with E-state index in [1.807, 2.05) is 0 Å². The molecule has 0 fully saturated rings. The first kappa shape index (κ1) is 37.2. The molecule has 386 valence electrons. The highest BCUT2D eigenvalue weighted by Crippen LogP contribution is 2.79. The molecule has 4 heteroatoms. The standard InChI is InChI=1S/C84H28N2O2/c1-83(2,3)15-7-9-17-19-11-12-20-18-10-8-16(84(4,5)6)14-22(18)86-80-74-26-24(20)23(19)25-27-28(26)30-31-29(27)56-49-39-32(31)40-34-33(39)37-35-36-38(34)46-48-42(36)44-43-41(35)47-45(37)53(49)62-65(56)73(25)79-75-67(62)58(47)60-51(43)55-52(44)61-59(48)68(63-54(46)50(40)57(30)66(63)74)76(80)70(61)72-64(55)71(69(60)75)77(78(72)82(86)88)81(87)85(79)21(17)13-15/h7-14,23-24H,1-6H3. The third-order valence-electron chi connectivity index (χ3n) is 28.5. The van der Waals surface area contributed by atoms with E-state index in [1.165, 1.54) is 270 Å². The van der Waals surface area contributed by atoms with Gasteiger partial charge in [-0.3, -0.25) is 18.7 Å². The third-order valence-corrected chi connectivity index (χ3v) is 28.5. The maximum absolute atomic E-state index is 18.6. The van der Waals surface area contributed by atoms with Crippen LogP contribution in [-0.4, -0.2) is 9.13 Å². The summed E-state index contributed by atoms with van der Waals surface area (Å²) >= 11 is 0. The van der Waals surface area contributed by atoms with Crippen LogP contribution in [-0.2, 0) is 10.8 Å². The van der Waals surface area contributed by atoms with Crippen molar-refractivity contribution in [1.82, 2.24) is 9.13 Å². The van der Waals surface area contributed by atoms with Gasteiger partial charge < -0.3 is 0 Å². The third kappa shape index (κ3) is 2.42. The maximum atomic E-state index is 18.6. The molecule has 0 N–H and O–H groups in total. The lowest BCUT2D eigenvalue weighted by Crippen LogP contribution is -2.29. The summed E-state index contributed by atoms with van der Waals surface area (Å²) in [5.74, 6) is -0.250. The Balaban J connectivity index is 1.11. The van der Waals surface area contributed by atoms with E-state index in [1.54, 1.807) is 21.5 Å². The van der Waals surface area contributed by atoms with Gasteiger partial charge in [0, 0.05) is 260 Å². The zero-order valence-electron chi connectivity index (χ0n) is 47.5. The molecule has 2 aliphatic carbocycles. The van der Waals surface area contributed by atoms with Crippen LogP contribution in [0.1, 0.15) is 86.8 Å². The van der Waals surface area contributed by atoms with Crippen molar-refractivity contribution in [3.05, 3.63) is 103 Å². The normalized spacial score (nSPS) is 19.0. The van der Waals surface area contributed by atoms with Gasteiger partial charge in [-0.15, -0.1) is 0 Å². The molecule has 2 aromatic heterocycles. The Kier molecular flexibility index (Phi) is 3.84. The Labute approximate surface area is 486 Å². The van der Waals surface area contributed by atoms with Crippen molar-refractivity contribution in [3.8, 4) is 11.4 Å². The highest BCUT2D eigenvalue weighted by molar-refractivity contribution is 6.81. The van der Waals surface area contributed by atoms with Gasteiger partial charge in [-0.25, -0.2) is 0 Å². The summed E-state index contributed by atoms with van der Waals surface area (Å²) in [6, 6.07) is 14.6. The van der Waals surface area contributed by atoms with E-state index in [9.17, 15) is 0 Å².